The van der Waals surface area contributed by atoms with Crippen molar-refractivity contribution in [1.82, 2.24) is 16.0 Å². The smallest absolute Gasteiger partial charge is 0.315 e. The van der Waals surface area contributed by atoms with Crippen LogP contribution >= 0.6 is 0 Å². The monoisotopic (exact) mass is 241 g/mol. The Balaban J connectivity index is 2.08. The maximum absolute atomic E-state index is 11.4. The van der Waals surface area contributed by atoms with Crippen molar-refractivity contribution in [2.24, 2.45) is 5.92 Å². The zero-order valence-electron chi connectivity index (χ0n) is 10.7. The number of carbonyl (C=O) groups is 2. The van der Waals surface area contributed by atoms with E-state index in [1.165, 1.54) is 12.8 Å². The van der Waals surface area contributed by atoms with Gasteiger partial charge in [0.2, 0.25) is 5.91 Å². The number of rotatable bonds is 5. The Morgan fingerprint density at radius 1 is 1.18 bits per heavy atom. The molecule has 1 aliphatic rings. The molecule has 3 N–H and O–H groups in total. The first-order chi connectivity index (χ1) is 8.08. The fraction of sp³-hybridized carbons (Fsp3) is 0.833. The summed E-state index contributed by atoms with van der Waals surface area (Å²) in [5.41, 5.74) is 0. The largest absolute Gasteiger partial charge is 0.354 e. The average Bonchev–Trinajstić information content (AvgIpc) is 2.76. The summed E-state index contributed by atoms with van der Waals surface area (Å²) in [7, 11) is 0. The average molecular weight is 241 g/mol. The first-order valence-electron chi connectivity index (χ1n) is 6.39. The second kappa shape index (κ2) is 7.14. The summed E-state index contributed by atoms with van der Waals surface area (Å²) < 4.78 is 0. The van der Waals surface area contributed by atoms with Gasteiger partial charge in [0, 0.05) is 12.6 Å². The fourth-order valence-electron chi connectivity index (χ4n) is 1.85. The van der Waals surface area contributed by atoms with Gasteiger partial charge in [0.05, 0.1) is 6.54 Å². The van der Waals surface area contributed by atoms with E-state index in [1.54, 1.807) is 0 Å². The van der Waals surface area contributed by atoms with Gasteiger partial charge < -0.3 is 16.0 Å². The van der Waals surface area contributed by atoms with Crippen molar-refractivity contribution >= 4 is 11.9 Å². The molecule has 1 fully saturated rings. The van der Waals surface area contributed by atoms with E-state index in [9.17, 15) is 9.59 Å². The number of amides is 3. The van der Waals surface area contributed by atoms with Crippen LogP contribution in [0.1, 0.15) is 39.5 Å². The molecule has 0 atom stereocenters. The molecule has 98 valence electrons. The summed E-state index contributed by atoms with van der Waals surface area (Å²) >= 11 is 0. The minimum atomic E-state index is -0.239. The molecule has 0 bridgehead atoms. The van der Waals surface area contributed by atoms with Crippen LogP contribution in [0.2, 0.25) is 0 Å². The Bertz CT molecular complexity index is 260. The maximum atomic E-state index is 11.4. The molecular weight excluding hydrogens is 218 g/mol. The van der Waals surface area contributed by atoms with E-state index in [4.69, 9.17) is 0 Å². The zero-order chi connectivity index (χ0) is 12.7. The molecule has 1 saturated carbocycles. The van der Waals surface area contributed by atoms with Gasteiger partial charge in [-0.2, -0.15) is 0 Å². The predicted molar refractivity (Wildman–Crippen MR) is 66.6 cm³/mol. The molecule has 0 saturated heterocycles. The van der Waals surface area contributed by atoms with Gasteiger partial charge in [0.1, 0.15) is 0 Å². The molecule has 1 aliphatic carbocycles. The highest BCUT2D eigenvalue weighted by molar-refractivity contribution is 5.83. The maximum Gasteiger partial charge on any atom is 0.315 e. The van der Waals surface area contributed by atoms with Gasteiger partial charge >= 0.3 is 6.03 Å². The molecule has 0 radical (unpaired) electrons. The Morgan fingerprint density at radius 2 is 1.82 bits per heavy atom. The highest BCUT2D eigenvalue weighted by atomic mass is 16.2. The van der Waals surface area contributed by atoms with Gasteiger partial charge in [-0.1, -0.05) is 26.7 Å². The van der Waals surface area contributed by atoms with Gasteiger partial charge in [0.25, 0.3) is 0 Å². The van der Waals surface area contributed by atoms with E-state index < -0.39 is 0 Å². The Labute approximate surface area is 103 Å². The third-order valence-corrected chi connectivity index (χ3v) is 2.81. The van der Waals surface area contributed by atoms with Gasteiger partial charge in [0.15, 0.2) is 0 Å². The molecule has 3 amide bonds. The van der Waals surface area contributed by atoms with Crippen molar-refractivity contribution in [1.29, 1.82) is 0 Å². The molecule has 0 heterocycles. The summed E-state index contributed by atoms with van der Waals surface area (Å²) in [5.74, 6) is 0.284. The minimum Gasteiger partial charge on any atom is -0.354 e. The van der Waals surface area contributed by atoms with Gasteiger partial charge in [-0.3, -0.25) is 4.79 Å². The van der Waals surface area contributed by atoms with Crippen LogP contribution in [0.3, 0.4) is 0 Å². The normalized spacial score (nSPS) is 15.9. The third kappa shape index (κ3) is 6.14. The number of hydrogen-bond donors (Lipinski definition) is 3. The van der Waals surface area contributed by atoms with Crippen molar-refractivity contribution in [3.05, 3.63) is 0 Å². The molecule has 0 spiro atoms. The lowest BCUT2D eigenvalue weighted by Crippen LogP contribution is -2.45. The standard InChI is InChI=1S/C12H23N3O2/c1-9(2)7-13-11(16)8-14-12(17)15-10-5-3-4-6-10/h9-10H,3-8H2,1-2H3,(H,13,16)(H2,14,15,17). The van der Waals surface area contributed by atoms with Crippen molar-refractivity contribution in [2.45, 2.75) is 45.6 Å². The highest BCUT2D eigenvalue weighted by Gasteiger charge is 2.17. The highest BCUT2D eigenvalue weighted by Crippen LogP contribution is 2.17. The first kappa shape index (κ1) is 13.8. The molecule has 5 heteroatoms. The predicted octanol–water partition coefficient (Wildman–Crippen LogP) is 1.00. The second-order valence-electron chi connectivity index (χ2n) is 5.01. The van der Waals surface area contributed by atoms with Crippen molar-refractivity contribution in [2.75, 3.05) is 13.1 Å². The lowest BCUT2D eigenvalue weighted by atomic mass is 10.2. The topological polar surface area (TPSA) is 70.2 Å². The van der Waals surface area contributed by atoms with Crippen LogP contribution in [-0.2, 0) is 4.79 Å². The van der Waals surface area contributed by atoms with Crippen LogP contribution < -0.4 is 16.0 Å². The van der Waals surface area contributed by atoms with Gasteiger partial charge in [-0.15, -0.1) is 0 Å². The molecule has 0 aliphatic heterocycles. The molecule has 0 aromatic carbocycles. The van der Waals surface area contributed by atoms with Crippen molar-refractivity contribution < 1.29 is 9.59 Å². The van der Waals surface area contributed by atoms with Crippen molar-refractivity contribution in [3.63, 3.8) is 0 Å². The molecule has 0 aromatic heterocycles. The number of urea groups is 1. The van der Waals surface area contributed by atoms with Gasteiger partial charge in [-0.25, -0.2) is 4.79 Å². The number of carbonyl (C=O) groups excluding carboxylic acids is 2. The van der Waals surface area contributed by atoms with Crippen LogP contribution in [0.25, 0.3) is 0 Å². The van der Waals surface area contributed by atoms with Crippen LogP contribution in [0.15, 0.2) is 0 Å². The second-order valence-corrected chi connectivity index (χ2v) is 5.01. The van der Waals surface area contributed by atoms with Crippen LogP contribution in [0.4, 0.5) is 4.79 Å². The van der Waals surface area contributed by atoms with E-state index in [0.717, 1.165) is 12.8 Å². The lowest BCUT2D eigenvalue weighted by molar-refractivity contribution is -0.120. The quantitative estimate of drug-likeness (QED) is 0.672. The van der Waals surface area contributed by atoms with E-state index >= 15 is 0 Å². The van der Waals surface area contributed by atoms with Crippen LogP contribution in [0.5, 0.6) is 0 Å². The molecule has 0 unspecified atom stereocenters. The fourth-order valence-corrected chi connectivity index (χ4v) is 1.85. The van der Waals surface area contributed by atoms with Crippen molar-refractivity contribution in [3.8, 4) is 0 Å². The summed E-state index contributed by atoms with van der Waals surface area (Å²) in [4.78, 5) is 22.8. The molecule has 17 heavy (non-hydrogen) atoms. The Hall–Kier alpha value is -1.26. The number of hydrogen-bond acceptors (Lipinski definition) is 2. The van der Waals surface area contributed by atoms with Crippen LogP contribution in [0, 0.1) is 5.92 Å². The van der Waals surface area contributed by atoms with E-state index in [0.29, 0.717) is 12.5 Å². The van der Waals surface area contributed by atoms with Gasteiger partial charge in [-0.05, 0) is 18.8 Å². The van der Waals surface area contributed by atoms with Crippen LogP contribution in [-0.4, -0.2) is 31.1 Å². The number of nitrogens with one attached hydrogen (secondary N) is 3. The third-order valence-electron chi connectivity index (χ3n) is 2.81. The summed E-state index contributed by atoms with van der Waals surface area (Å²) in [6, 6.07) is 0.0466. The van der Waals surface area contributed by atoms with E-state index in [1.807, 2.05) is 13.8 Å². The Morgan fingerprint density at radius 3 is 2.41 bits per heavy atom. The Kier molecular flexibility index (Phi) is 5.80. The summed E-state index contributed by atoms with van der Waals surface area (Å²) in [5, 5.41) is 8.19. The zero-order valence-corrected chi connectivity index (χ0v) is 10.7. The molecule has 1 rings (SSSR count). The summed E-state index contributed by atoms with van der Waals surface area (Å²) in [6.45, 7) is 4.75. The molecule has 5 nitrogen and oxygen atoms in total. The lowest BCUT2D eigenvalue weighted by Gasteiger charge is -2.13. The molecular formula is C12H23N3O2. The molecule has 0 aromatic rings. The minimum absolute atomic E-state index is 0.0469. The van der Waals surface area contributed by atoms with E-state index in [2.05, 4.69) is 16.0 Å². The first-order valence-corrected chi connectivity index (χ1v) is 6.39. The van der Waals surface area contributed by atoms with E-state index in [-0.39, 0.29) is 24.5 Å². The summed E-state index contributed by atoms with van der Waals surface area (Å²) in [6.07, 6.45) is 4.46. The SMILES string of the molecule is CC(C)CNC(=O)CNC(=O)NC1CCCC1.